The van der Waals surface area contributed by atoms with Gasteiger partial charge in [0.1, 0.15) is 36.8 Å². The predicted octanol–water partition coefficient (Wildman–Crippen LogP) is -1.02. The van der Waals surface area contributed by atoms with Crippen molar-refractivity contribution in [3.8, 4) is 0 Å². The van der Waals surface area contributed by atoms with Crippen LogP contribution in [0.2, 0.25) is 0 Å². The molecule has 0 spiro atoms. The topological polar surface area (TPSA) is 158 Å². The fourth-order valence-corrected chi connectivity index (χ4v) is 2.87. The van der Waals surface area contributed by atoms with Gasteiger partial charge in [-0.05, 0) is 0 Å². The molecule has 3 heterocycles. The van der Waals surface area contributed by atoms with E-state index in [9.17, 15) is 19.8 Å². The summed E-state index contributed by atoms with van der Waals surface area (Å²) in [5.74, 6) is -0.661. The number of nitrogens with one attached hydrogen (secondary N) is 1. The lowest BCUT2D eigenvalue weighted by atomic mass is 10.1. The van der Waals surface area contributed by atoms with E-state index in [1.807, 2.05) is 0 Å². The standard InChI is InChI=1S/C16H21N5O7/c1-17-14-11-15(19-6-18-14)21(7-20-11)16-13(25)12(24)8(28-16)5-27-10(23)4-3-9(22)26-2/h6-8,12-13,16,24-25H,3-5H2,1-2H3,(H,17,18,19). The van der Waals surface area contributed by atoms with Crippen LogP contribution in [0.4, 0.5) is 5.82 Å². The Labute approximate surface area is 159 Å². The maximum atomic E-state index is 11.7. The molecule has 0 aliphatic carbocycles. The van der Waals surface area contributed by atoms with Crippen LogP contribution < -0.4 is 5.32 Å². The first-order valence-electron chi connectivity index (χ1n) is 8.55. The Morgan fingerprint density at radius 1 is 1.21 bits per heavy atom. The molecule has 4 atom stereocenters. The van der Waals surface area contributed by atoms with Gasteiger partial charge in [-0.2, -0.15) is 0 Å². The van der Waals surface area contributed by atoms with Gasteiger partial charge in [0.05, 0.1) is 26.3 Å². The van der Waals surface area contributed by atoms with Crippen LogP contribution in [-0.2, 0) is 23.8 Å². The third-order valence-corrected chi connectivity index (χ3v) is 4.38. The van der Waals surface area contributed by atoms with Crippen LogP contribution in [0.3, 0.4) is 0 Å². The number of anilines is 1. The van der Waals surface area contributed by atoms with Crippen molar-refractivity contribution in [1.82, 2.24) is 19.5 Å². The Morgan fingerprint density at radius 2 is 1.96 bits per heavy atom. The smallest absolute Gasteiger partial charge is 0.306 e. The lowest BCUT2D eigenvalue weighted by molar-refractivity contribution is -0.153. The van der Waals surface area contributed by atoms with E-state index in [0.717, 1.165) is 0 Å². The van der Waals surface area contributed by atoms with Gasteiger partial charge in [0, 0.05) is 7.05 Å². The maximum absolute atomic E-state index is 11.7. The van der Waals surface area contributed by atoms with Gasteiger partial charge in [-0.15, -0.1) is 0 Å². The number of ether oxygens (including phenoxy) is 3. The molecule has 0 bridgehead atoms. The highest BCUT2D eigenvalue weighted by Gasteiger charge is 2.45. The van der Waals surface area contributed by atoms with Crippen molar-refractivity contribution in [3.63, 3.8) is 0 Å². The van der Waals surface area contributed by atoms with Crippen LogP contribution in [0.1, 0.15) is 19.1 Å². The molecule has 2 aromatic heterocycles. The number of methoxy groups -OCH3 is 1. The summed E-state index contributed by atoms with van der Waals surface area (Å²) in [6.07, 6.45) is -2.01. The van der Waals surface area contributed by atoms with Gasteiger partial charge in [0.25, 0.3) is 0 Å². The van der Waals surface area contributed by atoms with Crippen LogP contribution in [0, 0.1) is 0 Å². The minimum absolute atomic E-state index is 0.108. The van der Waals surface area contributed by atoms with Gasteiger partial charge < -0.3 is 29.7 Å². The zero-order valence-corrected chi connectivity index (χ0v) is 15.3. The number of nitrogens with zero attached hydrogens (tertiary/aromatic N) is 4. The average Bonchev–Trinajstić information content (AvgIpc) is 3.26. The molecule has 0 amide bonds. The zero-order chi connectivity index (χ0) is 20.3. The SMILES string of the molecule is CNc1ncnc2c1ncn2C1OC(COC(=O)CCC(=O)OC)C(O)C1O. The summed E-state index contributed by atoms with van der Waals surface area (Å²) < 4.78 is 16.6. The Kier molecular flexibility index (Phi) is 6.02. The van der Waals surface area contributed by atoms with Crippen molar-refractivity contribution in [2.45, 2.75) is 37.4 Å². The Hall–Kier alpha value is -2.83. The Balaban J connectivity index is 1.66. The summed E-state index contributed by atoms with van der Waals surface area (Å²) in [5, 5.41) is 23.5. The number of rotatable bonds is 7. The molecule has 1 saturated heterocycles. The van der Waals surface area contributed by atoms with Crippen LogP contribution in [-0.4, -0.2) is 80.7 Å². The van der Waals surface area contributed by atoms with Crippen molar-refractivity contribution in [3.05, 3.63) is 12.7 Å². The Bertz CT molecular complexity index is 857. The minimum atomic E-state index is -1.29. The molecule has 152 valence electrons. The van der Waals surface area contributed by atoms with E-state index in [1.165, 1.54) is 24.3 Å². The summed E-state index contributed by atoms with van der Waals surface area (Å²) >= 11 is 0. The molecule has 3 N–H and O–H groups in total. The molecule has 0 aromatic carbocycles. The summed E-state index contributed by atoms with van der Waals surface area (Å²) in [4.78, 5) is 35.2. The van der Waals surface area contributed by atoms with E-state index in [4.69, 9.17) is 9.47 Å². The monoisotopic (exact) mass is 395 g/mol. The lowest BCUT2D eigenvalue weighted by Crippen LogP contribution is -2.34. The number of hydrogen-bond acceptors (Lipinski definition) is 11. The highest BCUT2D eigenvalue weighted by molar-refractivity contribution is 5.82. The summed E-state index contributed by atoms with van der Waals surface area (Å²) in [6.45, 7) is -0.280. The number of aliphatic hydroxyl groups is 2. The molecule has 28 heavy (non-hydrogen) atoms. The largest absolute Gasteiger partial charge is 0.469 e. The molecule has 1 aliphatic heterocycles. The van der Waals surface area contributed by atoms with Crippen LogP contribution >= 0.6 is 0 Å². The van der Waals surface area contributed by atoms with E-state index in [-0.39, 0.29) is 19.4 Å². The third-order valence-electron chi connectivity index (χ3n) is 4.38. The second-order valence-corrected chi connectivity index (χ2v) is 6.10. The first-order valence-corrected chi connectivity index (χ1v) is 8.55. The summed E-state index contributed by atoms with van der Waals surface area (Å²) in [7, 11) is 2.91. The van der Waals surface area contributed by atoms with E-state index in [1.54, 1.807) is 7.05 Å². The number of fused-ring (bicyclic) bond motifs is 1. The second kappa shape index (κ2) is 8.46. The molecular formula is C16H21N5O7. The fourth-order valence-electron chi connectivity index (χ4n) is 2.87. The van der Waals surface area contributed by atoms with Gasteiger partial charge in [-0.1, -0.05) is 0 Å². The molecule has 12 nitrogen and oxygen atoms in total. The predicted molar refractivity (Wildman–Crippen MR) is 93.0 cm³/mol. The van der Waals surface area contributed by atoms with Gasteiger partial charge in [-0.3, -0.25) is 14.2 Å². The van der Waals surface area contributed by atoms with E-state index >= 15 is 0 Å². The maximum Gasteiger partial charge on any atom is 0.306 e. The van der Waals surface area contributed by atoms with Crippen molar-refractivity contribution in [2.75, 3.05) is 26.1 Å². The number of carbonyl (C=O) groups is 2. The Morgan fingerprint density at radius 3 is 2.68 bits per heavy atom. The molecule has 2 aromatic rings. The van der Waals surface area contributed by atoms with Crippen molar-refractivity contribution in [1.29, 1.82) is 0 Å². The molecule has 12 heteroatoms. The van der Waals surface area contributed by atoms with Gasteiger partial charge in [0.2, 0.25) is 0 Å². The van der Waals surface area contributed by atoms with E-state index in [0.29, 0.717) is 17.0 Å². The normalized spacial score (nSPS) is 24.3. The quantitative estimate of drug-likeness (QED) is 0.493. The van der Waals surface area contributed by atoms with Crippen molar-refractivity contribution >= 4 is 28.9 Å². The van der Waals surface area contributed by atoms with Gasteiger partial charge in [0.15, 0.2) is 17.7 Å². The lowest BCUT2D eigenvalue weighted by Gasteiger charge is -2.16. The molecule has 0 radical (unpaired) electrons. The summed E-state index contributed by atoms with van der Waals surface area (Å²) in [6, 6.07) is 0. The van der Waals surface area contributed by atoms with Crippen LogP contribution in [0.5, 0.6) is 0 Å². The molecule has 4 unspecified atom stereocenters. The molecule has 1 aliphatic rings. The molecule has 0 saturated carbocycles. The minimum Gasteiger partial charge on any atom is -0.469 e. The highest BCUT2D eigenvalue weighted by Crippen LogP contribution is 2.32. The van der Waals surface area contributed by atoms with E-state index in [2.05, 4.69) is 25.0 Å². The summed E-state index contributed by atoms with van der Waals surface area (Å²) in [5.41, 5.74) is 0.888. The van der Waals surface area contributed by atoms with Crippen LogP contribution in [0.25, 0.3) is 11.2 Å². The molecule has 3 rings (SSSR count). The number of imidazole rings is 1. The number of carbonyl (C=O) groups excluding carboxylic acids is 2. The average molecular weight is 395 g/mol. The number of esters is 2. The fraction of sp³-hybridized carbons (Fsp3) is 0.562. The van der Waals surface area contributed by atoms with Crippen molar-refractivity contribution in [2.24, 2.45) is 0 Å². The van der Waals surface area contributed by atoms with Crippen LogP contribution in [0.15, 0.2) is 12.7 Å². The third kappa shape index (κ3) is 3.88. The first kappa shape index (κ1) is 19.9. The van der Waals surface area contributed by atoms with E-state index < -0.39 is 36.5 Å². The van der Waals surface area contributed by atoms with Crippen molar-refractivity contribution < 1.29 is 34.0 Å². The zero-order valence-electron chi connectivity index (χ0n) is 15.3. The molecular weight excluding hydrogens is 374 g/mol. The number of aromatic nitrogens is 4. The first-order chi connectivity index (χ1) is 13.5. The van der Waals surface area contributed by atoms with Gasteiger partial charge in [-0.25, -0.2) is 15.0 Å². The van der Waals surface area contributed by atoms with Gasteiger partial charge >= 0.3 is 11.9 Å². The number of hydrogen-bond donors (Lipinski definition) is 3. The highest BCUT2D eigenvalue weighted by atomic mass is 16.6. The second-order valence-electron chi connectivity index (χ2n) is 6.10. The number of aliphatic hydroxyl groups excluding tert-OH is 2. The molecule has 1 fully saturated rings.